The molecule has 0 amide bonds. The van der Waals surface area contributed by atoms with E-state index in [1.807, 2.05) is 20.2 Å². The molecule has 1 N–H and O–H groups in total. The van der Waals surface area contributed by atoms with Crippen molar-refractivity contribution in [3.63, 3.8) is 0 Å². The van der Waals surface area contributed by atoms with Gasteiger partial charge in [0.05, 0.1) is 17.2 Å². The van der Waals surface area contributed by atoms with Crippen LogP contribution in [-0.2, 0) is 11.2 Å². The van der Waals surface area contributed by atoms with E-state index in [2.05, 4.69) is 33.4 Å². The molecule has 1 atom stereocenters. The van der Waals surface area contributed by atoms with Gasteiger partial charge in [-0.25, -0.2) is 0 Å². The molecule has 1 aliphatic carbocycles. The average Bonchev–Trinajstić information content (AvgIpc) is 2.37. The number of methoxy groups -OCH3 is 2. The fourth-order valence-electron chi connectivity index (χ4n) is 2.84. The van der Waals surface area contributed by atoms with Crippen molar-refractivity contribution in [3.05, 3.63) is 28.2 Å². The fourth-order valence-corrected chi connectivity index (χ4v) is 3.43. The number of hydrogen-bond acceptors (Lipinski definition) is 3. The molecule has 106 valence electrons. The first-order valence-corrected chi connectivity index (χ1v) is 7.49. The van der Waals surface area contributed by atoms with E-state index in [4.69, 9.17) is 9.47 Å². The Morgan fingerprint density at radius 2 is 2.11 bits per heavy atom. The van der Waals surface area contributed by atoms with Crippen LogP contribution in [0.3, 0.4) is 0 Å². The van der Waals surface area contributed by atoms with Crippen molar-refractivity contribution in [2.24, 2.45) is 0 Å². The van der Waals surface area contributed by atoms with Gasteiger partial charge in [0.2, 0.25) is 0 Å². The van der Waals surface area contributed by atoms with E-state index in [-0.39, 0.29) is 5.60 Å². The first-order chi connectivity index (χ1) is 9.15. The maximum absolute atomic E-state index is 5.78. The van der Waals surface area contributed by atoms with Crippen molar-refractivity contribution in [3.8, 4) is 5.75 Å². The smallest absolute Gasteiger partial charge is 0.133 e. The fraction of sp³-hybridized carbons (Fsp3) is 0.600. The van der Waals surface area contributed by atoms with Gasteiger partial charge in [-0.3, -0.25) is 0 Å². The topological polar surface area (TPSA) is 30.5 Å². The summed E-state index contributed by atoms with van der Waals surface area (Å²) < 4.78 is 12.0. The SMILES string of the molecule is CNC(Cc1ccc(OC)c(Br)c1)C1(OC)CCC1. The van der Waals surface area contributed by atoms with Crippen molar-refractivity contribution in [1.82, 2.24) is 5.32 Å². The summed E-state index contributed by atoms with van der Waals surface area (Å²) >= 11 is 3.54. The zero-order valence-corrected chi connectivity index (χ0v) is 13.4. The molecule has 4 heteroatoms. The van der Waals surface area contributed by atoms with Crippen LogP contribution in [0, 0.1) is 0 Å². The lowest BCUT2D eigenvalue weighted by molar-refractivity contribution is -0.0966. The molecule has 1 aromatic carbocycles. The summed E-state index contributed by atoms with van der Waals surface area (Å²) in [5, 5.41) is 3.42. The number of rotatable bonds is 6. The van der Waals surface area contributed by atoms with Gasteiger partial charge in [0.15, 0.2) is 0 Å². The summed E-state index contributed by atoms with van der Waals surface area (Å²) in [6.45, 7) is 0. The van der Waals surface area contributed by atoms with Crippen molar-refractivity contribution < 1.29 is 9.47 Å². The maximum atomic E-state index is 5.78. The van der Waals surface area contributed by atoms with Gasteiger partial charge in [-0.1, -0.05) is 6.07 Å². The van der Waals surface area contributed by atoms with Crippen molar-refractivity contribution in [2.75, 3.05) is 21.3 Å². The number of likely N-dealkylation sites (N-methyl/N-ethyl adjacent to an activating group) is 1. The Hall–Kier alpha value is -0.580. The van der Waals surface area contributed by atoms with Gasteiger partial charge < -0.3 is 14.8 Å². The molecule has 19 heavy (non-hydrogen) atoms. The Balaban J connectivity index is 2.12. The number of benzene rings is 1. The highest BCUT2D eigenvalue weighted by Gasteiger charge is 2.43. The minimum atomic E-state index is 0.0150. The molecule has 1 aliphatic rings. The summed E-state index contributed by atoms with van der Waals surface area (Å²) in [7, 11) is 5.53. The van der Waals surface area contributed by atoms with Crippen LogP contribution in [0.15, 0.2) is 22.7 Å². The summed E-state index contributed by atoms with van der Waals surface area (Å²) in [4.78, 5) is 0. The molecule has 2 rings (SSSR count). The standard InChI is InChI=1S/C15H22BrNO2/c1-17-14(15(19-3)7-4-8-15)10-11-5-6-13(18-2)12(16)9-11/h5-6,9,14,17H,4,7-8,10H2,1-3H3. The van der Waals surface area contributed by atoms with E-state index < -0.39 is 0 Å². The maximum Gasteiger partial charge on any atom is 0.133 e. The van der Waals surface area contributed by atoms with Crippen molar-refractivity contribution >= 4 is 15.9 Å². The van der Waals surface area contributed by atoms with Gasteiger partial charge in [-0.2, -0.15) is 0 Å². The Morgan fingerprint density at radius 1 is 1.37 bits per heavy atom. The van der Waals surface area contributed by atoms with Gasteiger partial charge in [0.1, 0.15) is 5.75 Å². The lowest BCUT2D eigenvalue weighted by atomic mass is 9.72. The summed E-state index contributed by atoms with van der Waals surface area (Å²) in [6, 6.07) is 6.61. The number of ether oxygens (including phenoxy) is 2. The highest BCUT2D eigenvalue weighted by Crippen LogP contribution is 2.39. The molecule has 0 saturated heterocycles. The summed E-state index contributed by atoms with van der Waals surface area (Å²) in [5.41, 5.74) is 1.30. The van der Waals surface area contributed by atoms with Crippen LogP contribution in [0.1, 0.15) is 24.8 Å². The van der Waals surface area contributed by atoms with Gasteiger partial charge >= 0.3 is 0 Å². The van der Waals surface area contributed by atoms with Gasteiger partial charge in [0, 0.05) is 13.2 Å². The Labute approximate surface area is 123 Å². The second-order valence-corrected chi connectivity index (χ2v) is 5.99. The second kappa shape index (κ2) is 6.25. The van der Waals surface area contributed by atoms with Gasteiger partial charge in [-0.15, -0.1) is 0 Å². The third kappa shape index (κ3) is 2.96. The predicted molar refractivity (Wildman–Crippen MR) is 80.8 cm³/mol. The van der Waals surface area contributed by atoms with Gasteiger partial charge in [-0.05, 0) is 66.4 Å². The van der Waals surface area contributed by atoms with Crippen molar-refractivity contribution in [1.29, 1.82) is 0 Å². The molecule has 1 fully saturated rings. The molecule has 0 aromatic heterocycles. The number of hydrogen-bond donors (Lipinski definition) is 1. The van der Waals surface area contributed by atoms with Crippen LogP contribution < -0.4 is 10.1 Å². The zero-order chi connectivity index (χ0) is 13.9. The third-order valence-electron chi connectivity index (χ3n) is 4.25. The Kier molecular flexibility index (Phi) is 4.87. The van der Waals surface area contributed by atoms with Crippen LogP contribution in [0.25, 0.3) is 0 Å². The van der Waals surface area contributed by atoms with Crippen LogP contribution in [0.5, 0.6) is 5.75 Å². The normalized spacial score (nSPS) is 18.7. The van der Waals surface area contributed by atoms with Crippen LogP contribution in [0.4, 0.5) is 0 Å². The van der Waals surface area contributed by atoms with E-state index in [0.29, 0.717) is 6.04 Å². The molecular formula is C15H22BrNO2. The van der Waals surface area contributed by atoms with E-state index in [1.54, 1.807) is 7.11 Å². The minimum absolute atomic E-state index is 0.0150. The summed E-state index contributed by atoms with van der Waals surface area (Å²) in [5.74, 6) is 0.870. The molecule has 0 heterocycles. The Morgan fingerprint density at radius 3 is 2.53 bits per heavy atom. The highest BCUT2D eigenvalue weighted by atomic mass is 79.9. The molecule has 1 aromatic rings. The van der Waals surface area contributed by atoms with E-state index in [1.165, 1.54) is 12.0 Å². The minimum Gasteiger partial charge on any atom is -0.496 e. The van der Waals surface area contributed by atoms with Crippen LogP contribution in [-0.4, -0.2) is 32.9 Å². The predicted octanol–water partition coefficient (Wildman–Crippen LogP) is 3.16. The molecule has 3 nitrogen and oxygen atoms in total. The van der Waals surface area contributed by atoms with Crippen LogP contribution in [0.2, 0.25) is 0 Å². The molecular weight excluding hydrogens is 306 g/mol. The molecule has 0 bridgehead atoms. The number of nitrogens with one attached hydrogen (secondary N) is 1. The first kappa shape index (κ1) is 14.8. The number of halogens is 1. The van der Waals surface area contributed by atoms with Crippen LogP contribution >= 0.6 is 15.9 Å². The largest absolute Gasteiger partial charge is 0.496 e. The molecule has 1 saturated carbocycles. The third-order valence-corrected chi connectivity index (χ3v) is 4.87. The average molecular weight is 328 g/mol. The monoisotopic (exact) mass is 327 g/mol. The lowest BCUT2D eigenvalue weighted by Crippen LogP contribution is -2.56. The van der Waals surface area contributed by atoms with Crippen molar-refractivity contribution in [2.45, 2.75) is 37.3 Å². The molecule has 1 unspecified atom stereocenters. The van der Waals surface area contributed by atoms with Gasteiger partial charge in [0.25, 0.3) is 0 Å². The zero-order valence-electron chi connectivity index (χ0n) is 11.8. The molecule has 0 radical (unpaired) electrons. The molecule has 0 aliphatic heterocycles. The van der Waals surface area contributed by atoms with E-state index in [9.17, 15) is 0 Å². The lowest BCUT2D eigenvalue weighted by Gasteiger charge is -2.46. The first-order valence-electron chi connectivity index (χ1n) is 6.70. The highest BCUT2D eigenvalue weighted by molar-refractivity contribution is 9.10. The quantitative estimate of drug-likeness (QED) is 0.870. The second-order valence-electron chi connectivity index (χ2n) is 5.14. The molecule has 0 spiro atoms. The van der Waals surface area contributed by atoms with E-state index >= 15 is 0 Å². The summed E-state index contributed by atoms with van der Waals surface area (Å²) in [6.07, 6.45) is 4.52. The van der Waals surface area contributed by atoms with E-state index in [0.717, 1.165) is 29.5 Å². The Bertz CT molecular complexity index is 427.